The Hall–Kier alpha value is 1.02. The van der Waals surface area contributed by atoms with Gasteiger partial charge in [0.15, 0.2) is 0 Å². The third-order valence-electron chi connectivity index (χ3n) is 0.770. The first kappa shape index (κ1) is 22.7. The van der Waals surface area contributed by atoms with E-state index in [1.165, 1.54) is 0 Å². The molecule has 0 aromatic rings. The minimum atomic E-state index is 0. The molecule has 0 bridgehead atoms. The van der Waals surface area contributed by atoms with E-state index < -0.39 is 0 Å². The Morgan fingerprint density at radius 3 is 1.91 bits per heavy atom. The molecular weight excluding hydrogens is 213 g/mol. The molecule has 0 atom stereocenters. The van der Waals surface area contributed by atoms with Crippen LogP contribution in [-0.4, -0.2) is 19.3 Å². The van der Waals surface area contributed by atoms with Crippen LogP contribution in [0, 0.1) is 14.9 Å². The number of hydrogen-bond donors (Lipinski definition) is 0. The normalized spacial score (nSPS) is 7.64. The molecule has 0 aliphatic heterocycles. The van der Waals surface area contributed by atoms with Gasteiger partial charge in [0.25, 0.3) is 0 Å². The Balaban J connectivity index is -0.0000000817. The van der Waals surface area contributed by atoms with Crippen molar-refractivity contribution in [1.82, 2.24) is 0 Å². The van der Waals surface area contributed by atoms with E-state index in [4.69, 9.17) is 0 Å². The molecule has 1 radical (unpaired) electrons. The van der Waals surface area contributed by atoms with Gasteiger partial charge in [-0.25, -0.2) is 0 Å². The van der Waals surface area contributed by atoms with E-state index >= 15 is 0 Å². The van der Waals surface area contributed by atoms with Crippen molar-refractivity contribution in [3.8, 4) is 0 Å². The first-order valence-electron chi connectivity index (χ1n) is 3.07. The Labute approximate surface area is 97.8 Å². The van der Waals surface area contributed by atoms with Crippen LogP contribution in [0.2, 0.25) is 0 Å². The summed E-state index contributed by atoms with van der Waals surface area (Å²) in [4.78, 5) is 0. The molecule has 0 unspecified atom stereocenters. The summed E-state index contributed by atoms with van der Waals surface area (Å²) in [5.74, 6) is 0. The zero-order valence-corrected chi connectivity index (χ0v) is 11.3. The molecule has 0 amide bonds. The summed E-state index contributed by atoms with van der Waals surface area (Å²) in [6, 6.07) is 0.435. The van der Waals surface area contributed by atoms with Crippen molar-refractivity contribution in [1.29, 1.82) is 0 Å². The summed E-state index contributed by atoms with van der Waals surface area (Å²) in [6.45, 7) is 7.70. The van der Waals surface area contributed by atoms with E-state index in [2.05, 4.69) is 24.5 Å². The van der Waals surface area contributed by atoms with Gasteiger partial charge in [0.1, 0.15) is 0 Å². The Kier molecular flexibility index (Phi) is 35.5. The second-order valence-electron chi connectivity index (χ2n) is 1.96. The van der Waals surface area contributed by atoms with Crippen LogP contribution in [0.5, 0.6) is 0 Å². The van der Waals surface area contributed by atoms with Gasteiger partial charge in [-0.1, -0.05) is 20.8 Å². The first-order chi connectivity index (χ1) is 3.77. The van der Waals surface area contributed by atoms with Gasteiger partial charge in [0.2, 0.25) is 0 Å². The van der Waals surface area contributed by atoms with Gasteiger partial charge in [-0.15, -0.1) is 6.04 Å². The largest absolute Gasteiger partial charge is 0.681 e. The number of rotatable bonds is 4. The van der Waals surface area contributed by atoms with Crippen LogP contribution in [0.1, 0.15) is 20.8 Å². The van der Waals surface area contributed by atoms with E-state index in [1.807, 2.05) is 6.92 Å². The van der Waals surface area contributed by atoms with E-state index in [1.54, 1.807) is 0 Å². The van der Waals surface area contributed by atoms with E-state index in [0.717, 1.165) is 6.54 Å². The molecule has 0 aliphatic rings. The minimum absolute atomic E-state index is 0. The van der Waals surface area contributed by atoms with Gasteiger partial charge in [-0.2, -0.15) is 6.54 Å². The van der Waals surface area contributed by atoms with Crippen molar-refractivity contribution in [2.24, 2.45) is 0 Å². The molecule has 0 saturated carbocycles. The average molecular weight is 233 g/mol. The van der Waals surface area contributed by atoms with E-state index in [-0.39, 0.29) is 47.6 Å². The third-order valence-corrected chi connectivity index (χ3v) is 0.770. The molecule has 0 saturated heterocycles. The fraction of sp³-hybridized carbons (Fsp3) is 0.750. The summed E-state index contributed by atoms with van der Waals surface area (Å²) in [5.41, 5.74) is 0. The third kappa shape index (κ3) is 24.7. The quantitative estimate of drug-likeness (QED) is 0.527. The SMILES string of the molecule is CC[N-]C[N-]C(C)C.[CH3-].[CH3-].[Y]. The Morgan fingerprint density at radius 1 is 1.18 bits per heavy atom. The van der Waals surface area contributed by atoms with Crippen LogP contribution < -0.4 is 0 Å². The first-order valence-corrected chi connectivity index (χ1v) is 3.07. The van der Waals surface area contributed by atoms with Crippen LogP contribution in [0.15, 0.2) is 0 Å². The molecule has 0 spiro atoms. The van der Waals surface area contributed by atoms with Crippen molar-refractivity contribution in [3.63, 3.8) is 0 Å². The summed E-state index contributed by atoms with van der Waals surface area (Å²) in [6.07, 6.45) is 0. The molecule has 0 heterocycles. The number of hydrogen-bond acceptors (Lipinski definition) is 0. The van der Waals surface area contributed by atoms with Crippen LogP contribution in [-0.2, 0) is 32.7 Å². The molecule has 0 aromatic heterocycles. The standard InChI is InChI=1S/C6H14N2.2CH3.Y/c1-4-7-5-8-6(2)3;;;/h6H,4-5H2,1-3H3;2*1H3;/q-2;2*-1;. The predicted octanol–water partition coefficient (Wildman–Crippen LogP) is 3.02. The van der Waals surface area contributed by atoms with Crippen molar-refractivity contribution < 1.29 is 32.7 Å². The molecule has 0 N–H and O–H groups in total. The zero-order chi connectivity index (χ0) is 6.41. The maximum Gasteiger partial charge on any atom is 0 e. The van der Waals surface area contributed by atoms with E-state index in [0.29, 0.717) is 12.7 Å². The average Bonchev–Trinajstić information content (AvgIpc) is 1.66. The molecule has 2 nitrogen and oxygen atoms in total. The topological polar surface area (TPSA) is 28.2 Å². The Morgan fingerprint density at radius 2 is 1.64 bits per heavy atom. The second kappa shape index (κ2) is 17.2. The van der Waals surface area contributed by atoms with Gasteiger partial charge in [-0.3, -0.25) is 6.67 Å². The molecule has 0 fully saturated rings. The molecule has 11 heavy (non-hydrogen) atoms. The van der Waals surface area contributed by atoms with Crippen molar-refractivity contribution in [2.45, 2.75) is 26.8 Å². The van der Waals surface area contributed by atoms with Crippen LogP contribution in [0.25, 0.3) is 10.6 Å². The van der Waals surface area contributed by atoms with Gasteiger partial charge < -0.3 is 25.5 Å². The molecule has 0 rings (SSSR count). The van der Waals surface area contributed by atoms with Crippen molar-refractivity contribution >= 4 is 0 Å². The zero-order valence-electron chi connectivity index (χ0n) is 8.46. The van der Waals surface area contributed by atoms with E-state index in [9.17, 15) is 0 Å². The maximum absolute atomic E-state index is 4.15. The molecule has 3 heteroatoms. The second-order valence-corrected chi connectivity index (χ2v) is 1.96. The molecule has 69 valence electrons. The summed E-state index contributed by atoms with van der Waals surface area (Å²) >= 11 is 0. The smallest absolute Gasteiger partial charge is 0 e. The van der Waals surface area contributed by atoms with Crippen molar-refractivity contribution in [3.05, 3.63) is 25.5 Å². The minimum Gasteiger partial charge on any atom is -0.681 e. The summed E-state index contributed by atoms with van der Waals surface area (Å²) in [5, 5.41) is 8.19. The molecule has 0 aliphatic carbocycles. The van der Waals surface area contributed by atoms with Crippen LogP contribution in [0.4, 0.5) is 0 Å². The number of nitrogens with zero attached hydrogens (tertiary/aromatic N) is 2. The maximum atomic E-state index is 4.15. The van der Waals surface area contributed by atoms with Crippen LogP contribution in [0.3, 0.4) is 0 Å². The van der Waals surface area contributed by atoms with Gasteiger partial charge in [-0.05, 0) is 0 Å². The fourth-order valence-corrected chi connectivity index (χ4v) is 0.321. The molecular formula is C8H20N2Y-4. The summed E-state index contributed by atoms with van der Waals surface area (Å²) in [7, 11) is 0. The molecule has 0 aromatic carbocycles. The van der Waals surface area contributed by atoms with Gasteiger partial charge >= 0.3 is 0 Å². The Bertz CT molecular complexity index is 49.4. The van der Waals surface area contributed by atoms with Crippen LogP contribution >= 0.6 is 0 Å². The van der Waals surface area contributed by atoms with Gasteiger partial charge in [0.05, 0.1) is 0 Å². The summed E-state index contributed by atoms with van der Waals surface area (Å²) < 4.78 is 0. The van der Waals surface area contributed by atoms with Crippen molar-refractivity contribution in [2.75, 3.05) is 13.2 Å². The van der Waals surface area contributed by atoms with Gasteiger partial charge in [0, 0.05) is 32.7 Å². The fourth-order valence-electron chi connectivity index (χ4n) is 0.321. The monoisotopic (exact) mass is 233 g/mol. The predicted molar refractivity (Wildman–Crippen MR) is 50.1 cm³/mol.